The maximum atomic E-state index is 14.9. The molecule has 2 saturated carbocycles. The summed E-state index contributed by atoms with van der Waals surface area (Å²) in [5.41, 5.74) is 0. The molecule has 2 fully saturated rings. The maximum absolute atomic E-state index is 14.9. The monoisotopic (exact) mass is 1060 g/mol. The molecule has 0 aliphatic heterocycles. The van der Waals surface area contributed by atoms with Gasteiger partial charge in [0.25, 0.3) is 0 Å². The summed E-state index contributed by atoms with van der Waals surface area (Å²) in [5.74, 6) is 4.07. The maximum Gasteiger partial charge on any atom is 0.248 e. The van der Waals surface area contributed by atoms with Crippen molar-refractivity contribution in [3.63, 3.8) is 0 Å². The Labute approximate surface area is 455 Å². The fourth-order valence-corrected chi connectivity index (χ4v) is 14.0. The Morgan fingerprint density at radius 2 is 0.833 bits per heavy atom. The number of nitrogens with one attached hydrogen (secondary N) is 1. The summed E-state index contributed by atoms with van der Waals surface area (Å²) >= 11 is 0. The van der Waals surface area contributed by atoms with Crippen LogP contribution >= 0.6 is 0 Å². The van der Waals surface area contributed by atoms with Crippen molar-refractivity contribution in [2.24, 2.45) is 23.7 Å². The van der Waals surface area contributed by atoms with Crippen LogP contribution in [0.15, 0.2) is 12.2 Å². The zero-order valence-corrected chi connectivity index (χ0v) is 54.9. The third-order valence-corrected chi connectivity index (χ3v) is 32.5. The Morgan fingerprint density at radius 1 is 0.472 bits per heavy atom. The fourth-order valence-electron chi connectivity index (χ4n) is 10.3. The van der Waals surface area contributed by atoms with E-state index in [0.717, 1.165) is 49.4 Å². The van der Waals surface area contributed by atoms with Gasteiger partial charge in [-0.3, -0.25) is 4.79 Å². The molecule has 5 nitrogen and oxygen atoms in total. The zero-order valence-electron chi connectivity index (χ0n) is 51.9. The van der Waals surface area contributed by atoms with Gasteiger partial charge < -0.3 is 18.6 Å². The number of hydrogen-bond acceptors (Lipinski definition) is 4. The van der Waals surface area contributed by atoms with E-state index in [1.165, 1.54) is 180 Å². The van der Waals surface area contributed by atoms with E-state index in [1.54, 1.807) is 0 Å². The lowest BCUT2D eigenvalue weighted by Gasteiger charge is -2.44. The molecule has 426 valence electrons. The average molecular weight is 1060 g/mol. The number of hydrogen-bond donors (Lipinski definition) is 1. The molecule has 0 aromatic carbocycles. The Kier molecular flexibility index (Phi) is 32.6. The van der Waals surface area contributed by atoms with E-state index in [4.69, 9.17) is 13.3 Å². The molecule has 7 atom stereocenters. The van der Waals surface area contributed by atoms with E-state index in [0.29, 0.717) is 13.0 Å². The molecule has 0 aromatic heterocycles. The second-order valence-electron chi connectivity index (χ2n) is 28.7. The van der Waals surface area contributed by atoms with Crippen LogP contribution in [0, 0.1) is 23.7 Å². The molecule has 0 heterocycles. The highest BCUT2D eigenvalue weighted by molar-refractivity contribution is 6.75. The van der Waals surface area contributed by atoms with Crippen LogP contribution < -0.4 is 5.32 Å². The Hall–Kier alpha value is -0.259. The van der Waals surface area contributed by atoms with Crippen molar-refractivity contribution in [2.45, 2.75) is 361 Å². The second-order valence-corrected chi connectivity index (χ2v) is 43.0. The van der Waals surface area contributed by atoms with E-state index in [2.05, 4.69) is 133 Å². The number of carbonyl (C=O) groups excluding carboxylic acids is 1. The number of amides is 1. The molecule has 0 spiro atoms. The van der Waals surface area contributed by atoms with Gasteiger partial charge in [-0.1, -0.05) is 255 Å². The Balaban J connectivity index is 2.04. The molecule has 72 heavy (non-hydrogen) atoms. The minimum absolute atomic E-state index is 0.00194. The highest BCUT2D eigenvalue weighted by Gasteiger charge is 2.45. The van der Waals surface area contributed by atoms with Crippen LogP contribution in [0.5, 0.6) is 0 Å². The molecule has 0 saturated heterocycles. The Morgan fingerprint density at radius 3 is 1.25 bits per heavy atom. The van der Waals surface area contributed by atoms with Gasteiger partial charge in [0.1, 0.15) is 6.10 Å². The van der Waals surface area contributed by atoms with E-state index in [-0.39, 0.29) is 33.2 Å². The molecule has 2 aliphatic rings. The quantitative estimate of drug-likeness (QED) is 0.0375. The third kappa shape index (κ3) is 28.4. The summed E-state index contributed by atoms with van der Waals surface area (Å²) < 4.78 is 21.6. The summed E-state index contributed by atoms with van der Waals surface area (Å²) in [6.45, 7) is 40.0. The molecule has 0 aromatic rings. The van der Waals surface area contributed by atoms with E-state index in [1.807, 2.05) is 0 Å². The van der Waals surface area contributed by atoms with Crippen LogP contribution in [0.4, 0.5) is 0 Å². The van der Waals surface area contributed by atoms with Crippen molar-refractivity contribution in [2.75, 3.05) is 6.61 Å². The van der Waals surface area contributed by atoms with Crippen LogP contribution in [0.2, 0.25) is 54.4 Å². The molecule has 2 aliphatic carbocycles. The van der Waals surface area contributed by atoms with Gasteiger partial charge in [0.2, 0.25) is 5.91 Å². The molecule has 1 N–H and O–H groups in total. The first-order valence-electron chi connectivity index (χ1n) is 31.7. The molecule has 1 amide bonds. The first kappa shape index (κ1) is 67.8. The number of allylic oxidation sites excluding steroid dienone is 2. The van der Waals surface area contributed by atoms with E-state index < -0.39 is 31.1 Å². The highest BCUT2D eigenvalue weighted by Crippen LogP contribution is 2.47. The largest absolute Gasteiger partial charge is 0.415 e. The van der Waals surface area contributed by atoms with Gasteiger partial charge in [-0.25, -0.2) is 0 Å². The smallest absolute Gasteiger partial charge is 0.248 e. The predicted octanol–water partition coefficient (Wildman–Crippen LogP) is 21.2. The topological polar surface area (TPSA) is 56.8 Å². The SMILES string of the molecule is CCCCCCCCCC[C@@H]1C[C@@H]1CCCC/C=C\CC[C@@H](O[Si](C)(C)C(C)(C)C)C(=O)N[C@@H](CO[Si](C)(C)C(C)(C)C)[C@@H](CCCCCCC[C@H]1C[C@H]1CCCCCCCCCC)O[Si](C)(C)C(C)(C)C. The summed E-state index contributed by atoms with van der Waals surface area (Å²) in [6.07, 6.45) is 48.3. The summed E-state index contributed by atoms with van der Waals surface area (Å²) in [6, 6.07) is -0.235. The normalized spacial score (nSPS) is 20.3. The lowest BCUT2D eigenvalue weighted by Crippen LogP contribution is -2.57. The lowest BCUT2D eigenvalue weighted by atomic mass is 10.0. The average Bonchev–Trinajstić information content (AvgIpc) is 4.22. The van der Waals surface area contributed by atoms with Crippen molar-refractivity contribution < 1.29 is 18.1 Å². The van der Waals surface area contributed by atoms with Crippen molar-refractivity contribution >= 4 is 30.9 Å². The van der Waals surface area contributed by atoms with Crippen molar-refractivity contribution in [3.8, 4) is 0 Å². The lowest BCUT2D eigenvalue weighted by molar-refractivity contribution is -0.130. The number of unbranched alkanes of at least 4 members (excludes halogenated alkanes) is 20. The van der Waals surface area contributed by atoms with E-state index >= 15 is 0 Å². The van der Waals surface area contributed by atoms with Crippen LogP contribution in [0.25, 0.3) is 0 Å². The second kappa shape index (κ2) is 34.6. The summed E-state index contributed by atoms with van der Waals surface area (Å²) in [7, 11) is -6.56. The van der Waals surface area contributed by atoms with Gasteiger partial charge in [0.15, 0.2) is 25.0 Å². The molecule has 0 bridgehead atoms. The van der Waals surface area contributed by atoms with E-state index in [9.17, 15) is 4.79 Å². The standard InChI is InChI=1S/C64H129NO4Si3/c1-18-20-22-24-26-28-33-39-45-54-51-56(54)47-41-35-30-31-37-44-50-60(69-72(16,17)64(9,10)11)61(66)65-58(53-67-70(12,13)62(3,4)5)59(68-71(14,15)63(6,7)8)49-43-38-32-36-42-48-57-52-55(57)46-40-34-29-27-25-23-21-19-2/h31,37,54-60H,18-30,32-36,38-53H2,1-17H3,(H,65,66)/b37-31-/t54-,55-,56+,57+,58+,59-,60-/m1/s1. The third-order valence-electron chi connectivity index (χ3n) is 19.0. The molecular formula is C64H129NO4Si3. The Bertz CT molecular complexity index is 1430. The first-order chi connectivity index (χ1) is 33.8. The van der Waals surface area contributed by atoms with Crippen LogP contribution in [0.1, 0.15) is 288 Å². The molecule has 8 heteroatoms. The fraction of sp³-hybridized carbons (Fsp3) is 0.953. The zero-order chi connectivity index (χ0) is 53.9. The van der Waals surface area contributed by atoms with Crippen molar-refractivity contribution in [1.82, 2.24) is 5.32 Å². The van der Waals surface area contributed by atoms with Gasteiger partial charge in [-0.2, -0.15) is 0 Å². The van der Waals surface area contributed by atoms with Gasteiger partial charge in [0, 0.05) is 0 Å². The van der Waals surface area contributed by atoms with Crippen LogP contribution in [-0.4, -0.2) is 55.7 Å². The number of rotatable bonds is 44. The van der Waals surface area contributed by atoms with Crippen molar-refractivity contribution in [3.05, 3.63) is 12.2 Å². The molecule has 2 rings (SSSR count). The van der Waals surface area contributed by atoms with Gasteiger partial charge in [-0.05, 0) is 123 Å². The predicted molar refractivity (Wildman–Crippen MR) is 326 cm³/mol. The molecular weight excluding hydrogens is 931 g/mol. The minimum atomic E-state index is -2.25. The minimum Gasteiger partial charge on any atom is -0.415 e. The van der Waals surface area contributed by atoms with Gasteiger partial charge >= 0.3 is 0 Å². The molecule has 0 unspecified atom stereocenters. The number of carbonyl (C=O) groups is 1. The highest BCUT2D eigenvalue weighted by atomic mass is 28.4. The molecule has 0 radical (unpaired) electrons. The summed E-state index contributed by atoms with van der Waals surface area (Å²) in [5, 5.41) is 3.78. The summed E-state index contributed by atoms with van der Waals surface area (Å²) in [4.78, 5) is 14.9. The van der Waals surface area contributed by atoms with Crippen LogP contribution in [0.3, 0.4) is 0 Å². The van der Waals surface area contributed by atoms with Crippen LogP contribution in [-0.2, 0) is 18.1 Å². The first-order valence-corrected chi connectivity index (χ1v) is 40.4. The van der Waals surface area contributed by atoms with Gasteiger partial charge in [0.05, 0.1) is 18.8 Å². The van der Waals surface area contributed by atoms with Crippen molar-refractivity contribution in [1.29, 1.82) is 0 Å². The van der Waals surface area contributed by atoms with Gasteiger partial charge in [-0.15, -0.1) is 0 Å².